The van der Waals surface area contributed by atoms with Crippen molar-refractivity contribution in [1.82, 2.24) is 24.4 Å². The molecule has 0 radical (unpaired) electrons. The normalized spacial score (nSPS) is 13.6. The van der Waals surface area contributed by atoms with Crippen molar-refractivity contribution in [3.63, 3.8) is 0 Å². The number of hydrogen-bond acceptors (Lipinski definition) is 7. The monoisotopic (exact) mass is 433 g/mol. The summed E-state index contributed by atoms with van der Waals surface area (Å²) in [6, 6.07) is 9.37. The lowest BCUT2D eigenvalue weighted by atomic mass is 10.1. The van der Waals surface area contributed by atoms with Crippen LogP contribution >= 0.6 is 11.8 Å². The summed E-state index contributed by atoms with van der Waals surface area (Å²) >= 11 is 1.42. The highest BCUT2D eigenvalue weighted by Crippen LogP contribution is 2.22. The first-order chi connectivity index (χ1) is 15.2. The molecule has 1 N–H and O–H groups in total. The van der Waals surface area contributed by atoms with Gasteiger partial charge >= 0.3 is 0 Å². The van der Waals surface area contributed by atoms with Crippen LogP contribution in [0.3, 0.4) is 0 Å². The molecule has 3 aromatic rings. The van der Waals surface area contributed by atoms with Crippen LogP contribution in [-0.4, -0.2) is 51.5 Å². The molecule has 4 rings (SSSR count). The SMILES string of the molecule is CC#CCn1c(N2CCNCC2)nc2nc(SC)n(Cc3ccc(C#N)cc3)c(=O)c21. The number of nitrogens with zero attached hydrogens (tertiary/aromatic N) is 6. The van der Waals surface area contributed by atoms with Crippen LogP contribution in [0, 0.1) is 23.2 Å². The molecule has 1 saturated heterocycles. The van der Waals surface area contributed by atoms with Crippen molar-refractivity contribution in [3.05, 3.63) is 45.7 Å². The summed E-state index contributed by atoms with van der Waals surface area (Å²) in [6.07, 6.45) is 1.90. The van der Waals surface area contributed by atoms with Crippen molar-refractivity contribution in [2.75, 3.05) is 37.3 Å². The lowest BCUT2D eigenvalue weighted by Crippen LogP contribution is -2.44. The average Bonchev–Trinajstić information content (AvgIpc) is 3.19. The van der Waals surface area contributed by atoms with Crippen LogP contribution in [0.1, 0.15) is 18.1 Å². The maximum atomic E-state index is 13.6. The topological polar surface area (TPSA) is 91.8 Å². The number of piperazine rings is 1. The first kappa shape index (κ1) is 21.0. The van der Waals surface area contributed by atoms with Crippen LogP contribution < -0.4 is 15.8 Å². The molecule has 0 saturated carbocycles. The van der Waals surface area contributed by atoms with E-state index in [1.807, 2.05) is 23.0 Å². The van der Waals surface area contributed by atoms with Gasteiger partial charge in [0.25, 0.3) is 5.56 Å². The predicted octanol–water partition coefficient (Wildman–Crippen LogP) is 1.67. The Morgan fingerprint density at radius 2 is 1.90 bits per heavy atom. The van der Waals surface area contributed by atoms with Gasteiger partial charge in [0.05, 0.1) is 24.7 Å². The number of nitrogens with one attached hydrogen (secondary N) is 1. The maximum Gasteiger partial charge on any atom is 0.280 e. The Kier molecular flexibility index (Phi) is 6.26. The Bertz CT molecular complexity index is 1250. The highest BCUT2D eigenvalue weighted by atomic mass is 32.2. The summed E-state index contributed by atoms with van der Waals surface area (Å²) in [6.45, 7) is 5.92. The van der Waals surface area contributed by atoms with Crippen LogP contribution in [0.2, 0.25) is 0 Å². The van der Waals surface area contributed by atoms with Crippen molar-refractivity contribution in [2.45, 2.75) is 25.2 Å². The van der Waals surface area contributed by atoms with Gasteiger partial charge < -0.3 is 10.2 Å². The highest BCUT2D eigenvalue weighted by Gasteiger charge is 2.23. The van der Waals surface area contributed by atoms with E-state index in [1.165, 1.54) is 11.8 Å². The van der Waals surface area contributed by atoms with Crippen molar-refractivity contribution in [2.24, 2.45) is 0 Å². The number of nitriles is 1. The first-order valence-corrected chi connectivity index (χ1v) is 11.3. The molecule has 1 fully saturated rings. The van der Waals surface area contributed by atoms with E-state index < -0.39 is 0 Å². The Morgan fingerprint density at radius 1 is 1.16 bits per heavy atom. The van der Waals surface area contributed by atoms with Crippen LogP contribution in [-0.2, 0) is 13.1 Å². The summed E-state index contributed by atoms with van der Waals surface area (Å²) in [5.74, 6) is 6.74. The second-order valence-electron chi connectivity index (χ2n) is 7.13. The Balaban J connectivity index is 1.86. The third kappa shape index (κ3) is 4.15. The van der Waals surface area contributed by atoms with Crippen LogP contribution in [0.5, 0.6) is 0 Å². The lowest BCUT2D eigenvalue weighted by molar-refractivity contribution is 0.572. The number of benzene rings is 1. The zero-order chi connectivity index (χ0) is 21.8. The maximum absolute atomic E-state index is 13.6. The van der Waals surface area contributed by atoms with Gasteiger partial charge in [-0.15, -0.1) is 5.92 Å². The zero-order valence-electron chi connectivity index (χ0n) is 17.6. The van der Waals surface area contributed by atoms with E-state index in [2.05, 4.69) is 28.1 Å². The largest absolute Gasteiger partial charge is 0.340 e. The number of fused-ring (bicyclic) bond motifs is 1. The van der Waals surface area contributed by atoms with E-state index in [-0.39, 0.29) is 5.56 Å². The molecule has 1 aliphatic rings. The summed E-state index contributed by atoms with van der Waals surface area (Å²) in [4.78, 5) is 25.3. The minimum absolute atomic E-state index is 0.134. The first-order valence-electron chi connectivity index (χ1n) is 10.1. The molecule has 9 heteroatoms. The fourth-order valence-electron chi connectivity index (χ4n) is 3.66. The lowest BCUT2D eigenvalue weighted by Gasteiger charge is -2.28. The quantitative estimate of drug-likeness (QED) is 0.372. The molecule has 1 aliphatic heterocycles. The second-order valence-corrected chi connectivity index (χ2v) is 7.91. The smallest absolute Gasteiger partial charge is 0.280 e. The number of hydrogen-bond donors (Lipinski definition) is 1. The van der Waals surface area contributed by atoms with Crippen LogP contribution in [0.15, 0.2) is 34.2 Å². The molecule has 0 unspecified atom stereocenters. The molecule has 3 heterocycles. The molecule has 2 aromatic heterocycles. The van der Waals surface area contributed by atoms with E-state index >= 15 is 0 Å². The molecule has 0 amide bonds. The summed E-state index contributed by atoms with van der Waals surface area (Å²) in [5.41, 5.74) is 2.32. The number of imidazole rings is 1. The minimum atomic E-state index is -0.134. The third-order valence-corrected chi connectivity index (χ3v) is 5.91. The number of anilines is 1. The van der Waals surface area contributed by atoms with Crippen LogP contribution in [0.4, 0.5) is 5.95 Å². The molecule has 0 bridgehead atoms. The van der Waals surface area contributed by atoms with Crippen molar-refractivity contribution in [3.8, 4) is 17.9 Å². The molecule has 8 nitrogen and oxygen atoms in total. The van der Waals surface area contributed by atoms with E-state index in [1.54, 1.807) is 23.6 Å². The molecule has 0 atom stereocenters. The molecule has 1 aromatic carbocycles. The Morgan fingerprint density at radius 3 is 2.55 bits per heavy atom. The van der Waals surface area contributed by atoms with E-state index in [0.717, 1.165) is 37.7 Å². The van der Waals surface area contributed by atoms with Gasteiger partial charge in [0, 0.05) is 26.2 Å². The van der Waals surface area contributed by atoms with Crippen molar-refractivity contribution in [1.29, 1.82) is 5.26 Å². The second kappa shape index (κ2) is 9.25. The van der Waals surface area contributed by atoms with Gasteiger partial charge in [-0.25, -0.2) is 4.98 Å². The molecule has 0 aliphatic carbocycles. The van der Waals surface area contributed by atoms with Crippen molar-refractivity contribution < 1.29 is 0 Å². The van der Waals surface area contributed by atoms with Gasteiger partial charge in [0.15, 0.2) is 16.3 Å². The fourth-order valence-corrected chi connectivity index (χ4v) is 4.21. The van der Waals surface area contributed by atoms with E-state index in [4.69, 9.17) is 15.2 Å². The zero-order valence-corrected chi connectivity index (χ0v) is 18.4. The van der Waals surface area contributed by atoms with Gasteiger partial charge in [0.1, 0.15) is 0 Å². The average molecular weight is 434 g/mol. The van der Waals surface area contributed by atoms with Gasteiger partial charge in [-0.2, -0.15) is 10.2 Å². The number of thioether (sulfide) groups is 1. The highest BCUT2D eigenvalue weighted by molar-refractivity contribution is 7.98. The Labute approximate surface area is 184 Å². The number of rotatable bonds is 5. The van der Waals surface area contributed by atoms with Crippen molar-refractivity contribution >= 4 is 28.9 Å². The third-order valence-electron chi connectivity index (χ3n) is 5.23. The van der Waals surface area contributed by atoms with Gasteiger partial charge in [-0.1, -0.05) is 29.8 Å². The van der Waals surface area contributed by atoms with Gasteiger partial charge in [-0.05, 0) is 30.9 Å². The number of aromatic nitrogens is 4. The molecule has 0 spiro atoms. The predicted molar refractivity (Wildman–Crippen MR) is 122 cm³/mol. The standard InChI is InChI=1S/C22H23N7OS/c1-3-4-11-28-18-19(25-21(28)27-12-9-24-10-13-27)26-22(31-2)29(20(18)30)15-17-7-5-16(14-23)6-8-17/h5-8,24H,9-13,15H2,1-2H3. The Hall–Kier alpha value is -3.27. The van der Waals surface area contributed by atoms with Gasteiger partial charge in [0.2, 0.25) is 5.95 Å². The summed E-state index contributed by atoms with van der Waals surface area (Å²) < 4.78 is 3.57. The summed E-state index contributed by atoms with van der Waals surface area (Å²) in [5, 5.41) is 13.0. The summed E-state index contributed by atoms with van der Waals surface area (Å²) in [7, 11) is 0. The molecular weight excluding hydrogens is 410 g/mol. The molecule has 158 valence electrons. The van der Waals surface area contributed by atoms with E-state index in [9.17, 15) is 4.79 Å². The fraction of sp³-hybridized carbons (Fsp3) is 0.364. The molecule has 31 heavy (non-hydrogen) atoms. The van der Waals surface area contributed by atoms with Gasteiger partial charge in [-0.3, -0.25) is 13.9 Å². The van der Waals surface area contributed by atoms with Crippen LogP contribution in [0.25, 0.3) is 11.2 Å². The minimum Gasteiger partial charge on any atom is -0.340 e. The van der Waals surface area contributed by atoms with E-state index in [0.29, 0.717) is 35.0 Å². The molecular formula is C22H23N7OS.